The summed E-state index contributed by atoms with van der Waals surface area (Å²) in [6.07, 6.45) is -4.30. The molecule has 1 aliphatic heterocycles. The van der Waals surface area contributed by atoms with E-state index in [9.17, 15) is 19.6 Å². The first kappa shape index (κ1) is 17.0. The fourth-order valence-electron chi connectivity index (χ4n) is 1.95. The van der Waals surface area contributed by atoms with Gasteiger partial charge in [-0.1, -0.05) is 0 Å². The number of nitrogens with two attached hydrogens (primary N) is 1. The minimum Gasteiger partial charge on any atom is -0.387 e. The third-order valence-electron chi connectivity index (χ3n) is 3.00. The zero-order valence-electron chi connectivity index (χ0n) is 11.0. The van der Waals surface area contributed by atoms with Gasteiger partial charge in [-0.3, -0.25) is 9.09 Å². The lowest BCUT2D eigenvalue weighted by atomic mass is 10.1. The minimum absolute atomic E-state index is 0.0932. The van der Waals surface area contributed by atoms with Gasteiger partial charge in [0.15, 0.2) is 6.23 Å². The maximum absolute atomic E-state index is 11.8. The van der Waals surface area contributed by atoms with Crippen molar-refractivity contribution in [1.82, 2.24) is 9.55 Å². The maximum Gasteiger partial charge on any atom is 0.469 e. The number of hydrogen-bond acceptors (Lipinski definition) is 9. The quantitative estimate of drug-likeness (QED) is 0.185. The van der Waals surface area contributed by atoms with E-state index in [0.29, 0.717) is 0 Å². The van der Waals surface area contributed by atoms with E-state index in [1.54, 1.807) is 0 Å². The third kappa shape index (κ3) is 3.69. The van der Waals surface area contributed by atoms with E-state index in [4.69, 9.17) is 20.4 Å². The van der Waals surface area contributed by atoms with Crippen LogP contribution in [0.2, 0.25) is 0 Å². The number of phosphoric acid groups is 1. The van der Waals surface area contributed by atoms with E-state index in [1.165, 1.54) is 12.3 Å². The Kier molecular flexibility index (Phi) is 4.94. The van der Waals surface area contributed by atoms with Gasteiger partial charge in [0.05, 0.1) is 6.61 Å². The van der Waals surface area contributed by atoms with Gasteiger partial charge >= 0.3 is 13.5 Å². The molecule has 0 bridgehead atoms. The van der Waals surface area contributed by atoms with Gasteiger partial charge in [-0.15, -0.1) is 0 Å². The minimum atomic E-state index is -4.75. The molecule has 0 aliphatic carbocycles. The number of ether oxygens (including phenoxy) is 1. The van der Waals surface area contributed by atoms with Gasteiger partial charge in [0, 0.05) is 6.20 Å². The van der Waals surface area contributed by atoms with Crippen molar-refractivity contribution in [2.75, 3.05) is 12.0 Å². The maximum atomic E-state index is 11.8. The second kappa shape index (κ2) is 6.40. The number of nitrogens with one attached hydrogen (secondary N) is 1. The molecule has 0 saturated carbocycles. The highest BCUT2D eigenvalue weighted by Gasteiger charge is 2.44. The molecule has 2 rings (SSSR count). The highest BCUT2D eigenvalue weighted by molar-refractivity contribution is 7.46. The molecule has 7 N–H and O–H groups in total. The van der Waals surface area contributed by atoms with Crippen molar-refractivity contribution in [3.63, 3.8) is 0 Å². The van der Waals surface area contributed by atoms with E-state index >= 15 is 0 Å². The van der Waals surface area contributed by atoms with Gasteiger partial charge in [-0.05, 0) is 6.07 Å². The van der Waals surface area contributed by atoms with Crippen LogP contribution in [0.4, 0.5) is 5.82 Å². The Morgan fingerprint density at radius 2 is 2.14 bits per heavy atom. The van der Waals surface area contributed by atoms with Crippen molar-refractivity contribution in [2.24, 2.45) is 5.84 Å². The summed E-state index contributed by atoms with van der Waals surface area (Å²) in [5.41, 5.74) is 1.36. The monoisotopic (exact) mass is 338 g/mol. The number of phosphoric ester groups is 1. The number of hydrazine groups is 1. The molecule has 2 heterocycles. The lowest BCUT2D eigenvalue weighted by Gasteiger charge is -2.17. The number of hydrogen-bond donors (Lipinski definition) is 6. The molecule has 4 atom stereocenters. The molecule has 22 heavy (non-hydrogen) atoms. The SMILES string of the molecule is NNc1ccn([C@@H]2O[C@H](COP(=O)(O)O)[C@@H](O)[C@H]2O)c(=O)n1. The van der Waals surface area contributed by atoms with Crippen molar-refractivity contribution in [2.45, 2.75) is 24.5 Å². The lowest BCUT2D eigenvalue weighted by Crippen LogP contribution is -2.36. The Morgan fingerprint density at radius 3 is 2.68 bits per heavy atom. The smallest absolute Gasteiger partial charge is 0.387 e. The molecule has 12 nitrogen and oxygen atoms in total. The van der Waals surface area contributed by atoms with E-state index < -0.39 is 44.7 Å². The van der Waals surface area contributed by atoms with Crippen LogP contribution in [0.3, 0.4) is 0 Å². The molecule has 0 unspecified atom stereocenters. The number of rotatable bonds is 5. The van der Waals surface area contributed by atoms with Crippen molar-refractivity contribution in [1.29, 1.82) is 0 Å². The first-order valence-corrected chi connectivity index (χ1v) is 7.53. The standard InChI is InChI=1S/C9H15N4O8P/c10-12-5-1-2-13(9(16)11-5)8-7(15)6(14)4(21-8)3-20-22(17,18)19/h1-2,4,6-8,14-15H,3,10H2,(H,11,12,16)(H2,17,18,19)/t4-,6-,7-,8-/m1/s1. The fourth-order valence-corrected chi connectivity index (χ4v) is 2.30. The predicted octanol–water partition coefficient (Wildman–Crippen LogP) is -2.74. The van der Waals surface area contributed by atoms with Crippen LogP contribution in [-0.2, 0) is 13.8 Å². The Labute approximate surface area is 123 Å². The summed E-state index contributed by atoms with van der Waals surface area (Å²) >= 11 is 0. The first-order chi connectivity index (χ1) is 10.2. The van der Waals surface area contributed by atoms with Gasteiger partial charge in [0.25, 0.3) is 0 Å². The Balaban J connectivity index is 2.16. The highest BCUT2D eigenvalue weighted by Crippen LogP contribution is 2.38. The van der Waals surface area contributed by atoms with Crippen LogP contribution in [-0.4, -0.2) is 54.5 Å². The van der Waals surface area contributed by atoms with Crippen LogP contribution < -0.4 is 17.0 Å². The van der Waals surface area contributed by atoms with Crippen LogP contribution in [0.15, 0.2) is 17.1 Å². The Bertz CT molecular complexity index is 632. The van der Waals surface area contributed by atoms with Crippen molar-refractivity contribution < 1.29 is 33.8 Å². The van der Waals surface area contributed by atoms with E-state index in [2.05, 4.69) is 14.9 Å². The highest BCUT2D eigenvalue weighted by atomic mass is 31.2. The third-order valence-corrected chi connectivity index (χ3v) is 3.48. The topological polar surface area (TPSA) is 189 Å². The summed E-state index contributed by atoms with van der Waals surface area (Å²) in [7, 11) is -4.75. The molecule has 0 aromatic carbocycles. The first-order valence-electron chi connectivity index (χ1n) is 6.00. The molecule has 1 aromatic heterocycles. The van der Waals surface area contributed by atoms with Crippen molar-refractivity contribution >= 4 is 13.6 Å². The molecule has 1 fully saturated rings. The van der Waals surface area contributed by atoms with E-state index in [-0.39, 0.29) is 5.82 Å². The summed E-state index contributed by atoms with van der Waals surface area (Å²) in [6.45, 7) is -0.663. The molecule has 1 aromatic rings. The summed E-state index contributed by atoms with van der Waals surface area (Å²) in [5.74, 6) is 5.20. The molecule has 124 valence electrons. The largest absolute Gasteiger partial charge is 0.469 e. The van der Waals surface area contributed by atoms with Gasteiger partial charge < -0.3 is 30.2 Å². The number of nitrogen functional groups attached to an aromatic ring is 1. The average Bonchev–Trinajstić information content (AvgIpc) is 2.72. The van der Waals surface area contributed by atoms with Gasteiger partial charge in [-0.2, -0.15) is 4.98 Å². The van der Waals surface area contributed by atoms with Gasteiger partial charge in [0.2, 0.25) is 0 Å². The molecule has 13 heteroatoms. The lowest BCUT2D eigenvalue weighted by molar-refractivity contribution is -0.0542. The summed E-state index contributed by atoms with van der Waals surface area (Å²) in [5, 5.41) is 19.7. The van der Waals surface area contributed by atoms with Crippen molar-refractivity contribution in [3.05, 3.63) is 22.7 Å². The summed E-state index contributed by atoms with van der Waals surface area (Å²) in [4.78, 5) is 32.6. The fraction of sp³-hybridized carbons (Fsp3) is 0.556. The van der Waals surface area contributed by atoms with Crippen LogP contribution in [0.25, 0.3) is 0 Å². The second-order valence-corrected chi connectivity index (χ2v) is 5.72. The van der Waals surface area contributed by atoms with Crippen LogP contribution in [0.1, 0.15) is 6.23 Å². The molecule has 0 spiro atoms. The van der Waals surface area contributed by atoms with Crippen molar-refractivity contribution in [3.8, 4) is 0 Å². The molecule has 0 radical (unpaired) electrons. The van der Waals surface area contributed by atoms with Crippen LogP contribution >= 0.6 is 7.82 Å². The predicted molar refractivity (Wildman–Crippen MR) is 70.2 cm³/mol. The van der Waals surface area contributed by atoms with E-state index in [1.807, 2.05) is 0 Å². The Hall–Kier alpha value is -1.37. The number of anilines is 1. The zero-order chi connectivity index (χ0) is 16.5. The van der Waals surface area contributed by atoms with E-state index in [0.717, 1.165) is 4.57 Å². The molecule has 1 aliphatic rings. The molecule has 0 amide bonds. The number of nitrogens with zero attached hydrogens (tertiary/aromatic N) is 2. The second-order valence-electron chi connectivity index (χ2n) is 4.48. The van der Waals surface area contributed by atoms with Crippen LogP contribution in [0.5, 0.6) is 0 Å². The molecule has 1 saturated heterocycles. The number of aliphatic hydroxyl groups is 2. The zero-order valence-corrected chi connectivity index (χ0v) is 11.9. The molecular weight excluding hydrogens is 323 g/mol. The van der Waals surface area contributed by atoms with Crippen LogP contribution in [0, 0.1) is 0 Å². The average molecular weight is 338 g/mol. The summed E-state index contributed by atoms with van der Waals surface area (Å²) < 4.78 is 21.0. The van der Waals surface area contributed by atoms with Gasteiger partial charge in [0.1, 0.15) is 24.1 Å². The van der Waals surface area contributed by atoms with Gasteiger partial charge in [-0.25, -0.2) is 15.2 Å². The number of aliphatic hydroxyl groups excluding tert-OH is 2. The Morgan fingerprint density at radius 1 is 1.45 bits per heavy atom. The molecular formula is C9H15N4O8P. The normalized spacial score (nSPS) is 28.8. The summed E-state index contributed by atoms with van der Waals surface area (Å²) in [6, 6.07) is 1.34. The number of aromatic nitrogens is 2.